The third-order valence-corrected chi connectivity index (χ3v) is 5.04. The molecule has 2 aromatic rings. The first-order valence-electron chi connectivity index (χ1n) is 5.49. The second-order valence-electron chi connectivity index (χ2n) is 4.11. The van der Waals surface area contributed by atoms with Crippen molar-refractivity contribution in [3.63, 3.8) is 0 Å². The second kappa shape index (κ2) is 5.59. The van der Waals surface area contributed by atoms with Crippen LogP contribution in [0.3, 0.4) is 0 Å². The van der Waals surface area contributed by atoms with Crippen LogP contribution >= 0.6 is 27.5 Å². The number of nitrogens with zero attached hydrogens (tertiary/aromatic N) is 1. The summed E-state index contributed by atoms with van der Waals surface area (Å²) in [6.07, 6.45) is 1.53. The van der Waals surface area contributed by atoms with Crippen molar-refractivity contribution in [1.29, 1.82) is 0 Å². The van der Waals surface area contributed by atoms with Crippen molar-refractivity contribution in [2.24, 2.45) is 0 Å². The van der Waals surface area contributed by atoms with Crippen molar-refractivity contribution in [3.05, 3.63) is 45.5 Å². The molecule has 8 heteroatoms. The normalized spacial score (nSPS) is 11.3. The lowest BCUT2D eigenvalue weighted by atomic mass is 10.3. The molecule has 0 atom stereocenters. The van der Waals surface area contributed by atoms with Gasteiger partial charge in [-0.2, -0.15) is 0 Å². The average Bonchev–Trinajstić information content (AvgIpc) is 2.33. The molecule has 0 aliphatic rings. The molecule has 1 aromatic heterocycles. The van der Waals surface area contributed by atoms with E-state index < -0.39 is 10.0 Å². The van der Waals surface area contributed by atoms with E-state index in [4.69, 9.17) is 17.3 Å². The molecule has 1 heterocycles. The van der Waals surface area contributed by atoms with Crippen LogP contribution in [0.15, 0.2) is 39.8 Å². The van der Waals surface area contributed by atoms with Crippen LogP contribution in [0.5, 0.6) is 0 Å². The highest BCUT2D eigenvalue weighted by atomic mass is 79.9. The number of rotatable bonds is 3. The Bertz CT molecular complexity index is 765. The molecule has 5 nitrogen and oxygen atoms in total. The lowest BCUT2D eigenvalue weighted by molar-refractivity contribution is 0.601. The summed E-state index contributed by atoms with van der Waals surface area (Å²) in [5, 5.41) is 0.374. The van der Waals surface area contributed by atoms with E-state index in [1.54, 1.807) is 6.07 Å². The van der Waals surface area contributed by atoms with Crippen LogP contribution in [-0.2, 0) is 10.0 Å². The molecule has 106 valence electrons. The Morgan fingerprint density at radius 1 is 1.35 bits per heavy atom. The minimum atomic E-state index is -3.80. The van der Waals surface area contributed by atoms with E-state index >= 15 is 0 Å². The van der Waals surface area contributed by atoms with Gasteiger partial charge in [-0.25, -0.2) is 13.4 Å². The number of halogens is 2. The molecule has 3 N–H and O–H groups in total. The zero-order valence-corrected chi connectivity index (χ0v) is 13.6. The lowest BCUT2D eigenvalue weighted by Gasteiger charge is -2.10. The number of benzene rings is 1. The van der Waals surface area contributed by atoms with Gasteiger partial charge in [0.05, 0.1) is 5.69 Å². The molecule has 0 aliphatic heterocycles. The summed E-state index contributed by atoms with van der Waals surface area (Å²) in [6.45, 7) is 1.83. The van der Waals surface area contributed by atoms with Gasteiger partial charge in [0.25, 0.3) is 10.0 Å². The minimum Gasteiger partial charge on any atom is -0.398 e. The van der Waals surface area contributed by atoms with Crippen molar-refractivity contribution in [2.45, 2.75) is 11.8 Å². The molecule has 0 spiro atoms. The predicted molar refractivity (Wildman–Crippen MR) is 83.3 cm³/mol. The Morgan fingerprint density at radius 3 is 2.65 bits per heavy atom. The Morgan fingerprint density at radius 2 is 2.05 bits per heavy atom. The number of aryl methyl sites for hydroxylation is 1. The first kappa shape index (κ1) is 15.1. The fraction of sp³-hybridized carbons (Fsp3) is 0.0833. The standard InChI is InChI=1S/C12H11BrClN3O2S/c1-7-4-12(16-6-9(7)13)17-20(18,19)11-3-2-8(14)5-10(11)15/h2-6H,15H2,1H3,(H,16,17). The van der Waals surface area contributed by atoms with Crippen LogP contribution < -0.4 is 10.5 Å². The maximum absolute atomic E-state index is 12.2. The minimum absolute atomic E-state index is 0.0377. The maximum Gasteiger partial charge on any atom is 0.265 e. The molecular formula is C12H11BrClN3O2S. The van der Waals surface area contributed by atoms with Crippen LogP contribution in [0.4, 0.5) is 11.5 Å². The third kappa shape index (κ3) is 3.23. The lowest BCUT2D eigenvalue weighted by Crippen LogP contribution is -2.15. The molecule has 0 radical (unpaired) electrons. The van der Waals surface area contributed by atoms with E-state index in [2.05, 4.69) is 25.6 Å². The average molecular weight is 377 g/mol. The molecule has 0 aliphatic carbocycles. The summed E-state index contributed by atoms with van der Waals surface area (Å²) in [6, 6.07) is 5.82. The molecule has 0 saturated carbocycles. The van der Waals surface area contributed by atoms with Gasteiger partial charge >= 0.3 is 0 Å². The number of anilines is 2. The van der Waals surface area contributed by atoms with Gasteiger partial charge in [0.1, 0.15) is 10.7 Å². The number of nitrogens with one attached hydrogen (secondary N) is 1. The summed E-state index contributed by atoms with van der Waals surface area (Å²) >= 11 is 9.05. The highest BCUT2D eigenvalue weighted by Gasteiger charge is 2.18. The van der Waals surface area contributed by atoms with Gasteiger partial charge in [0, 0.05) is 15.7 Å². The van der Waals surface area contributed by atoms with E-state index in [-0.39, 0.29) is 16.4 Å². The number of nitrogen functional groups attached to an aromatic ring is 1. The zero-order chi connectivity index (χ0) is 14.9. The van der Waals surface area contributed by atoms with Crippen molar-refractivity contribution in [1.82, 2.24) is 4.98 Å². The largest absolute Gasteiger partial charge is 0.398 e. The van der Waals surface area contributed by atoms with Crippen molar-refractivity contribution >= 4 is 49.1 Å². The van der Waals surface area contributed by atoms with Crippen molar-refractivity contribution < 1.29 is 8.42 Å². The monoisotopic (exact) mass is 375 g/mol. The Kier molecular flexibility index (Phi) is 4.22. The number of nitrogens with two attached hydrogens (primary N) is 1. The predicted octanol–water partition coefficient (Wildman–Crippen LogP) is 3.19. The van der Waals surface area contributed by atoms with Gasteiger partial charge in [-0.1, -0.05) is 11.6 Å². The first-order valence-corrected chi connectivity index (χ1v) is 8.15. The van der Waals surface area contributed by atoms with E-state index in [0.717, 1.165) is 10.0 Å². The van der Waals surface area contributed by atoms with Crippen LogP contribution in [0, 0.1) is 6.92 Å². The highest BCUT2D eigenvalue weighted by Crippen LogP contribution is 2.25. The van der Waals surface area contributed by atoms with Crippen molar-refractivity contribution in [2.75, 3.05) is 10.5 Å². The summed E-state index contributed by atoms with van der Waals surface area (Å²) in [5.74, 6) is 0.222. The van der Waals surface area contributed by atoms with Gasteiger partial charge in [0.2, 0.25) is 0 Å². The molecule has 0 fully saturated rings. The molecule has 20 heavy (non-hydrogen) atoms. The number of aromatic nitrogens is 1. The summed E-state index contributed by atoms with van der Waals surface area (Å²) in [5.41, 5.74) is 6.63. The van der Waals surface area contributed by atoms with E-state index in [0.29, 0.717) is 5.02 Å². The van der Waals surface area contributed by atoms with Gasteiger partial charge in [-0.05, 0) is 52.7 Å². The zero-order valence-electron chi connectivity index (χ0n) is 10.4. The summed E-state index contributed by atoms with van der Waals surface area (Å²) in [7, 11) is -3.80. The first-order chi connectivity index (χ1) is 9.29. The Hall–Kier alpha value is -1.31. The van der Waals surface area contributed by atoms with Crippen LogP contribution in [-0.4, -0.2) is 13.4 Å². The third-order valence-electron chi connectivity index (χ3n) is 2.55. The molecule has 2 rings (SSSR count). The van der Waals surface area contributed by atoms with E-state index in [1.807, 2.05) is 6.92 Å². The molecule has 1 aromatic carbocycles. The fourth-order valence-electron chi connectivity index (χ4n) is 1.55. The summed E-state index contributed by atoms with van der Waals surface area (Å²) in [4.78, 5) is 3.96. The molecule has 0 bridgehead atoms. The van der Waals surface area contributed by atoms with Gasteiger partial charge in [-0.15, -0.1) is 0 Å². The van der Waals surface area contributed by atoms with E-state index in [1.165, 1.54) is 24.4 Å². The van der Waals surface area contributed by atoms with Gasteiger partial charge < -0.3 is 5.73 Å². The number of pyridine rings is 1. The molecular weight excluding hydrogens is 366 g/mol. The quantitative estimate of drug-likeness (QED) is 0.806. The van der Waals surface area contributed by atoms with Crippen LogP contribution in [0.25, 0.3) is 0 Å². The summed E-state index contributed by atoms with van der Waals surface area (Å²) < 4.78 is 27.7. The van der Waals surface area contributed by atoms with Gasteiger partial charge in [0.15, 0.2) is 0 Å². The fourth-order valence-corrected chi connectivity index (χ4v) is 3.06. The topological polar surface area (TPSA) is 85.1 Å². The molecule has 0 saturated heterocycles. The van der Waals surface area contributed by atoms with Crippen LogP contribution in [0.2, 0.25) is 5.02 Å². The van der Waals surface area contributed by atoms with Gasteiger partial charge in [-0.3, -0.25) is 4.72 Å². The Balaban J connectivity index is 2.38. The smallest absolute Gasteiger partial charge is 0.265 e. The van der Waals surface area contributed by atoms with E-state index in [9.17, 15) is 8.42 Å². The van der Waals surface area contributed by atoms with Crippen molar-refractivity contribution in [3.8, 4) is 0 Å². The number of sulfonamides is 1. The SMILES string of the molecule is Cc1cc(NS(=O)(=O)c2ccc(Cl)cc2N)ncc1Br. The number of hydrogen-bond acceptors (Lipinski definition) is 4. The molecule has 0 unspecified atom stereocenters. The maximum atomic E-state index is 12.2. The number of hydrogen-bond donors (Lipinski definition) is 2. The second-order valence-corrected chi connectivity index (χ2v) is 7.05. The Labute approximate surface area is 130 Å². The van der Waals surface area contributed by atoms with Crippen LogP contribution in [0.1, 0.15) is 5.56 Å². The molecule has 0 amide bonds. The highest BCUT2D eigenvalue weighted by molar-refractivity contribution is 9.10.